The summed E-state index contributed by atoms with van der Waals surface area (Å²) in [6.07, 6.45) is 0. The van der Waals surface area contributed by atoms with E-state index in [-0.39, 0.29) is 11.5 Å². The van der Waals surface area contributed by atoms with Crippen LogP contribution in [0.1, 0.15) is 19.4 Å². The summed E-state index contributed by atoms with van der Waals surface area (Å²) < 4.78 is 23.4. The minimum absolute atomic E-state index is 0.00214. The summed E-state index contributed by atoms with van der Waals surface area (Å²) in [6, 6.07) is 6.52. The van der Waals surface area contributed by atoms with E-state index >= 15 is 0 Å². The fraction of sp³-hybridized carbons (Fsp3) is 0.364. The van der Waals surface area contributed by atoms with Crippen LogP contribution in [0.3, 0.4) is 0 Å². The minimum Gasteiger partial charge on any atom is -0.411 e. The number of nitrogens with zero attached hydrogens (tertiary/aromatic N) is 1. The Bertz CT molecular complexity index is 506. The first-order valence-corrected chi connectivity index (χ1v) is 6.93. The Morgan fingerprint density at radius 1 is 1.41 bits per heavy atom. The molecule has 1 atom stereocenters. The van der Waals surface area contributed by atoms with Crippen molar-refractivity contribution in [3.8, 4) is 0 Å². The van der Waals surface area contributed by atoms with Gasteiger partial charge in [0.05, 0.1) is 0 Å². The number of benzene rings is 1. The molecule has 6 heteroatoms. The SMILES string of the molecule is CCS(=O)(=O)[C@@H](C)/C(=N\O)c1ccc(N)cc1. The van der Waals surface area contributed by atoms with Gasteiger partial charge in [-0.15, -0.1) is 0 Å². The average Bonchev–Trinajstić information content (AvgIpc) is 2.32. The molecule has 17 heavy (non-hydrogen) atoms. The normalized spacial score (nSPS) is 14.6. The van der Waals surface area contributed by atoms with E-state index in [0.29, 0.717) is 11.3 Å². The summed E-state index contributed by atoms with van der Waals surface area (Å²) in [4.78, 5) is 0. The molecule has 0 radical (unpaired) electrons. The molecule has 5 nitrogen and oxygen atoms in total. The maximum Gasteiger partial charge on any atom is 0.158 e. The van der Waals surface area contributed by atoms with Crippen LogP contribution in [0.15, 0.2) is 29.4 Å². The molecule has 0 heterocycles. The fourth-order valence-electron chi connectivity index (χ4n) is 1.45. The van der Waals surface area contributed by atoms with Crippen LogP contribution in [0.2, 0.25) is 0 Å². The third-order valence-electron chi connectivity index (χ3n) is 2.64. The van der Waals surface area contributed by atoms with Gasteiger partial charge < -0.3 is 10.9 Å². The average molecular weight is 256 g/mol. The summed E-state index contributed by atoms with van der Waals surface area (Å²) in [5.41, 5.74) is 6.78. The second-order valence-corrected chi connectivity index (χ2v) is 6.31. The maximum atomic E-state index is 11.7. The van der Waals surface area contributed by atoms with Gasteiger partial charge in [-0.25, -0.2) is 8.42 Å². The molecule has 0 aliphatic heterocycles. The van der Waals surface area contributed by atoms with Gasteiger partial charge in [-0.05, 0) is 19.1 Å². The van der Waals surface area contributed by atoms with Gasteiger partial charge in [0, 0.05) is 17.0 Å². The highest BCUT2D eigenvalue weighted by Gasteiger charge is 2.25. The number of oxime groups is 1. The second-order valence-electron chi connectivity index (χ2n) is 3.70. The molecule has 0 fully saturated rings. The van der Waals surface area contributed by atoms with Crippen LogP contribution < -0.4 is 5.73 Å². The zero-order valence-corrected chi connectivity index (χ0v) is 10.6. The van der Waals surface area contributed by atoms with Crippen LogP contribution in [0.5, 0.6) is 0 Å². The first-order chi connectivity index (χ1) is 7.92. The number of sulfone groups is 1. The molecule has 94 valence electrons. The van der Waals surface area contributed by atoms with E-state index in [1.165, 1.54) is 6.92 Å². The van der Waals surface area contributed by atoms with Gasteiger partial charge in [0.15, 0.2) is 9.84 Å². The summed E-state index contributed by atoms with van der Waals surface area (Å²) >= 11 is 0. The van der Waals surface area contributed by atoms with Gasteiger partial charge in [0.1, 0.15) is 11.0 Å². The van der Waals surface area contributed by atoms with E-state index < -0.39 is 15.1 Å². The van der Waals surface area contributed by atoms with Crippen LogP contribution in [-0.4, -0.2) is 30.3 Å². The van der Waals surface area contributed by atoms with Crippen molar-refractivity contribution >= 4 is 21.2 Å². The lowest BCUT2D eigenvalue weighted by atomic mass is 10.1. The summed E-state index contributed by atoms with van der Waals surface area (Å²) in [7, 11) is -3.29. The highest BCUT2D eigenvalue weighted by Crippen LogP contribution is 2.14. The Labute approximate surface area is 101 Å². The molecule has 0 aromatic heterocycles. The minimum atomic E-state index is -3.29. The van der Waals surface area contributed by atoms with Gasteiger partial charge in [0.2, 0.25) is 0 Å². The van der Waals surface area contributed by atoms with E-state index in [9.17, 15) is 8.42 Å². The number of rotatable bonds is 4. The molecule has 0 unspecified atom stereocenters. The maximum absolute atomic E-state index is 11.7. The number of nitrogens with two attached hydrogens (primary N) is 1. The molecular formula is C11H16N2O3S. The molecule has 3 N–H and O–H groups in total. The van der Waals surface area contributed by atoms with Crippen LogP contribution in [0, 0.1) is 0 Å². The zero-order chi connectivity index (χ0) is 13.1. The summed E-state index contributed by atoms with van der Waals surface area (Å²) in [5.74, 6) is 0.00214. The van der Waals surface area contributed by atoms with Crippen molar-refractivity contribution in [2.24, 2.45) is 5.16 Å². The Kier molecular flexibility index (Phi) is 4.11. The van der Waals surface area contributed by atoms with Crippen LogP contribution in [0.4, 0.5) is 5.69 Å². The monoisotopic (exact) mass is 256 g/mol. The Morgan fingerprint density at radius 3 is 2.35 bits per heavy atom. The first kappa shape index (κ1) is 13.5. The van der Waals surface area contributed by atoms with E-state index in [1.807, 2.05) is 0 Å². The first-order valence-electron chi connectivity index (χ1n) is 5.21. The van der Waals surface area contributed by atoms with Crippen LogP contribution >= 0.6 is 0 Å². The molecule has 0 bridgehead atoms. The molecule has 0 spiro atoms. The Hall–Kier alpha value is -1.56. The number of hydrogen-bond acceptors (Lipinski definition) is 5. The van der Waals surface area contributed by atoms with Gasteiger partial charge in [-0.3, -0.25) is 0 Å². The van der Waals surface area contributed by atoms with Crippen LogP contribution in [0.25, 0.3) is 0 Å². The smallest absolute Gasteiger partial charge is 0.158 e. The predicted molar refractivity (Wildman–Crippen MR) is 68.1 cm³/mol. The van der Waals surface area contributed by atoms with Crippen molar-refractivity contribution in [2.45, 2.75) is 19.1 Å². The largest absolute Gasteiger partial charge is 0.411 e. The molecule has 0 aliphatic rings. The third kappa shape index (κ3) is 2.97. The van der Waals surface area contributed by atoms with Crippen molar-refractivity contribution < 1.29 is 13.6 Å². The second kappa shape index (κ2) is 5.18. The molecule has 1 rings (SSSR count). The standard InChI is InChI=1S/C11H16N2O3S/c1-3-17(15,16)8(2)11(13-14)9-4-6-10(12)7-5-9/h4-8,14H,3,12H2,1-2H3/b13-11+/t8-/m0/s1. The zero-order valence-electron chi connectivity index (χ0n) is 9.79. The van der Waals surface area contributed by atoms with Crippen molar-refractivity contribution in [1.29, 1.82) is 0 Å². The van der Waals surface area contributed by atoms with Crippen molar-refractivity contribution in [3.05, 3.63) is 29.8 Å². The summed E-state index contributed by atoms with van der Waals surface area (Å²) in [6.45, 7) is 3.06. The molecule has 0 saturated heterocycles. The molecule has 0 amide bonds. The van der Waals surface area contributed by atoms with Gasteiger partial charge in [-0.1, -0.05) is 24.2 Å². The predicted octanol–water partition coefficient (Wildman–Crippen LogP) is 1.27. The lowest BCUT2D eigenvalue weighted by molar-refractivity contribution is 0.318. The van der Waals surface area contributed by atoms with E-state index in [0.717, 1.165) is 0 Å². The lowest BCUT2D eigenvalue weighted by Gasteiger charge is -2.13. The van der Waals surface area contributed by atoms with E-state index in [1.54, 1.807) is 31.2 Å². The summed E-state index contributed by atoms with van der Waals surface area (Å²) in [5, 5.41) is 11.2. The number of anilines is 1. The molecule has 1 aromatic rings. The molecule has 0 aliphatic carbocycles. The number of nitrogen functional groups attached to an aromatic ring is 1. The van der Waals surface area contributed by atoms with Crippen molar-refractivity contribution in [3.63, 3.8) is 0 Å². The molecule has 1 aromatic carbocycles. The Morgan fingerprint density at radius 2 is 1.94 bits per heavy atom. The lowest BCUT2D eigenvalue weighted by Crippen LogP contribution is -2.29. The third-order valence-corrected chi connectivity index (χ3v) is 4.75. The van der Waals surface area contributed by atoms with Gasteiger partial charge in [0.25, 0.3) is 0 Å². The molecule has 0 saturated carbocycles. The van der Waals surface area contributed by atoms with Gasteiger partial charge >= 0.3 is 0 Å². The molecular weight excluding hydrogens is 240 g/mol. The van der Waals surface area contributed by atoms with Gasteiger partial charge in [-0.2, -0.15) is 0 Å². The Balaban J connectivity index is 3.14. The van der Waals surface area contributed by atoms with E-state index in [4.69, 9.17) is 10.9 Å². The highest BCUT2D eigenvalue weighted by molar-refractivity contribution is 7.92. The topological polar surface area (TPSA) is 92.8 Å². The van der Waals surface area contributed by atoms with Crippen molar-refractivity contribution in [2.75, 3.05) is 11.5 Å². The van der Waals surface area contributed by atoms with E-state index in [2.05, 4.69) is 5.16 Å². The van der Waals surface area contributed by atoms with Crippen molar-refractivity contribution in [1.82, 2.24) is 0 Å². The number of hydrogen-bond donors (Lipinski definition) is 2. The highest BCUT2D eigenvalue weighted by atomic mass is 32.2. The quantitative estimate of drug-likeness (QED) is 0.367. The fourth-order valence-corrected chi connectivity index (χ4v) is 2.47. The van der Waals surface area contributed by atoms with Crippen LogP contribution in [-0.2, 0) is 9.84 Å².